The summed E-state index contributed by atoms with van der Waals surface area (Å²) < 4.78 is 0. The molecule has 0 radical (unpaired) electrons. The van der Waals surface area contributed by atoms with Gasteiger partial charge >= 0.3 is 0 Å². The van der Waals surface area contributed by atoms with Crippen LogP contribution in [0.15, 0.2) is 47.4 Å². The van der Waals surface area contributed by atoms with Crippen molar-refractivity contribution < 1.29 is 9.59 Å². The van der Waals surface area contributed by atoms with Crippen LogP contribution in [0.3, 0.4) is 0 Å². The average Bonchev–Trinajstić information content (AvgIpc) is 2.56. The van der Waals surface area contributed by atoms with Gasteiger partial charge in [-0.3, -0.25) is 9.59 Å². The van der Waals surface area contributed by atoms with Crippen LogP contribution in [0.25, 0.3) is 0 Å². The molecular formula is C19H22N2O2S. The quantitative estimate of drug-likeness (QED) is 0.842. The molecule has 2 aromatic carbocycles. The van der Waals surface area contributed by atoms with Crippen LogP contribution in [-0.2, 0) is 4.79 Å². The minimum absolute atomic E-state index is 0.00886. The summed E-state index contributed by atoms with van der Waals surface area (Å²) in [6.07, 6.45) is 1.96. The van der Waals surface area contributed by atoms with E-state index in [4.69, 9.17) is 0 Å². The van der Waals surface area contributed by atoms with Gasteiger partial charge in [0.1, 0.15) is 0 Å². The standard InChI is InChI=1S/C19H22N2O2S/c1-13-9-10-14(2)15(11-13)19(23)21(3)12-18(22)20-16-7-5-6-8-17(16)24-4/h5-11H,12H2,1-4H3,(H,20,22). The molecule has 126 valence electrons. The normalized spacial score (nSPS) is 10.3. The van der Waals surface area contributed by atoms with Crippen molar-refractivity contribution in [2.45, 2.75) is 18.7 Å². The number of likely N-dealkylation sites (N-methyl/N-ethyl adjacent to an activating group) is 1. The van der Waals surface area contributed by atoms with Gasteiger partial charge in [0.25, 0.3) is 5.91 Å². The maximum atomic E-state index is 12.6. The molecule has 4 nitrogen and oxygen atoms in total. The van der Waals surface area contributed by atoms with E-state index in [2.05, 4.69) is 5.32 Å². The second-order valence-corrected chi connectivity index (χ2v) is 6.58. The molecule has 0 saturated carbocycles. The van der Waals surface area contributed by atoms with Crippen LogP contribution < -0.4 is 5.32 Å². The summed E-state index contributed by atoms with van der Waals surface area (Å²) in [7, 11) is 1.64. The van der Waals surface area contributed by atoms with E-state index < -0.39 is 0 Å². The van der Waals surface area contributed by atoms with Crippen LogP contribution in [0, 0.1) is 13.8 Å². The summed E-state index contributed by atoms with van der Waals surface area (Å²) in [6, 6.07) is 13.4. The third kappa shape index (κ3) is 4.38. The number of rotatable bonds is 5. The Labute approximate surface area is 147 Å². The van der Waals surface area contributed by atoms with E-state index >= 15 is 0 Å². The monoisotopic (exact) mass is 342 g/mol. The predicted octanol–water partition coefficient (Wildman–Crippen LogP) is 3.74. The van der Waals surface area contributed by atoms with Crippen molar-refractivity contribution in [3.63, 3.8) is 0 Å². The lowest BCUT2D eigenvalue weighted by Gasteiger charge is -2.19. The molecule has 1 N–H and O–H groups in total. The maximum absolute atomic E-state index is 12.6. The van der Waals surface area contributed by atoms with E-state index in [9.17, 15) is 9.59 Å². The zero-order chi connectivity index (χ0) is 17.7. The largest absolute Gasteiger partial charge is 0.332 e. The van der Waals surface area contributed by atoms with Crippen molar-refractivity contribution in [1.82, 2.24) is 4.90 Å². The van der Waals surface area contributed by atoms with Crippen LogP contribution in [0.2, 0.25) is 0 Å². The number of carbonyl (C=O) groups excluding carboxylic acids is 2. The number of nitrogens with one attached hydrogen (secondary N) is 1. The number of benzene rings is 2. The second kappa shape index (κ2) is 8.02. The van der Waals surface area contributed by atoms with Gasteiger partial charge in [0.15, 0.2) is 0 Å². The van der Waals surface area contributed by atoms with Crippen LogP contribution in [-0.4, -0.2) is 36.6 Å². The average molecular weight is 342 g/mol. The highest BCUT2D eigenvalue weighted by Gasteiger charge is 2.17. The Bertz CT molecular complexity index is 759. The topological polar surface area (TPSA) is 49.4 Å². The molecule has 24 heavy (non-hydrogen) atoms. The second-order valence-electron chi connectivity index (χ2n) is 5.73. The molecule has 0 atom stereocenters. The van der Waals surface area contributed by atoms with Gasteiger partial charge in [-0.25, -0.2) is 0 Å². The van der Waals surface area contributed by atoms with Gasteiger partial charge in [-0.05, 0) is 43.9 Å². The van der Waals surface area contributed by atoms with E-state index in [0.29, 0.717) is 5.56 Å². The summed E-state index contributed by atoms with van der Waals surface area (Å²) in [5, 5.41) is 2.87. The molecule has 2 rings (SSSR count). The lowest BCUT2D eigenvalue weighted by atomic mass is 10.0. The molecule has 0 aliphatic rings. The first-order valence-corrected chi connectivity index (χ1v) is 8.90. The van der Waals surface area contributed by atoms with Gasteiger partial charge < -0.3 is 10.2 Å². The van der Waals surface area contributed by atoms with Gasteiger partial charge in [-0.1, -0.05) is 29.8 Å². The molecule has 0 spiro atoms. The van der Waals surface area contributed by atoms with Crippen LogP contribution in [0.4, 0.5) is 5.69 Å². The lowest BCUT2D eigenvalue weighted by molar-refractivity contribution is -0.116. The van der Waals surface area contributed by atoms with Crippen molar-refractivity contribution in [3.05, 3.63) is 59.2 Å². The summed E-state index contributed by atoms with van der Waals surface area (Å²) in [6.45, 7) is 3.85. The molecule has 0 aromatic heterocycles. The first-order chi connectivity index (χ1) is 11.4. The number of aryl methyl sites for hydroxylation is 2. The van der Waals surface area contributed by atoms with Gasteiger partial charge in [-0.2, -0.15) is 0 Å². The Morgan fingerprint density at radius 3 is 2.54 bits per heavy atom. The van der Waals surface area contributed by atoms with Gasteiger partial charge in [-0.15, -0.1) is 11.8 Å². The summed E-state index contributed by atoms with van der Waals surface area (Å²) in [4.78, 5) is 27.3. The molecule has 5 heteroatoms. The fourth-order valence-electron chi connectivity index (χ4n) is 2.40. The number of nitrogens with zero attached hydrogens (tertiary/aromatic N) is 1. The highest BCUT2D eigenvalue weighted by atomic mass is 32.2. The van der Waals surface area contributed by atoms with Gasteiger partial charge in [0, 0.05) is 17.5 Å². The van der Waals surface area contributed by atoms with E-state index in [1.54, 1.807) is 18.8 Å². The first-order valence-electron chi connectivity index (χ1n) is 7.68. The Morgan fingerprint density at radius 2 is 1.83 bits per heavy atom. The molecule has 0 aliphatic heterocycles. The highest BCUT2D eigenvalue weighted by molar-refractivity contribution is 7.98. The zero-order valence-corrected chi connectivity index (χ0v) is 15.2. The zero-order valence-electron chi connectivity index (χ0n) is 14.4. The third-order valence-electron chi connectivity index (χ3n) is 3.73. The van der Waals surface area contributed by atoms with Crippen LogP contribution in [0.1, 0.15) is 21.5 Å². The number of hydrogen-bond acceptors (Lipinski definition) is 3. The molecule has 0 bridgehead atoms. The van der Waals surface area contributed by atoms with E-state index in [-0.39, 0.29) is 18.4 Å². The Hall–Kier alpha value is -2.27. The summed E-state index contributed by atoms with van der Waals surface area (Å²) in [5.41, 5.74) is 3.33. The fraction of sp³-hybridized carbons (Fsp3) is 0.263. The van der Waals surface area contributed by atoms with Crippen molar-refractivity contribution in [2.75, 3.05) is 25.2 Å². The van der Waals surface area contributed by atoms with Crippen molar-refractivity contribution in [2.24, 2.45) is 0 Å². The molecule has 0 heterocycles. The Morgan fingerprint density at radius 1 is 1.12 bits per heavy atom. The highest BCUT2D eigenvalue weighted by Crippen LogP contribution is 2.24. The number of amides is 2. The van der Waals surface area contributed by atoms with Gasteiger partial charge in [0.2, 0.25) is 5.91 Å². The number of thioether (sulfide) groups is 1. The smallest absolute Gasteiger partial charge is 0.254 e. The van der Waals surface area contributed by atoms with Crippen LogP contribution in [0.5, 0.6) is 0 Å². The van der Waals surface area contributed by atoms with Gasteiger partial charge in [0.05, 0.1) is 12.2 Å². The molecule has 0 saturated heterocycles. The summed E-state index contributed by atoms with van der Waals surface area (Å²) >= 11 is 1.57. The summed E-state index contributed by atoms with van der Waals surface area (Å²) in [5.74, 6) is -0.359. The van der Waals surface area contributed by atoms with E-state index in [1.165, 1.54) is 4.90 Å². The molecular weight excluding hydrogens is 320 g/mol. The molecule has 2 amide bonds. The van der Waals surface area contributed by atoms with Crippen LogP contribution >= 0.6 is 11.8 Å². The molecule has 0 fully saturated rings. The Kier molecular flexibility index (Phi) is 6.04. The maximum Gasteiger partial charge on any atom is 0.254 e. The number of hydrogen-bond donors (Lipinski definition) is 1. The molecule has 0 aliphatic carbocycles. The molecule has 2 aromatic rings. The fourth-order valence-corrected chi connectivity index (χ4v) is 2.95. The first kappa shape index (κ1) is 18.1. The number of carbonyl (C=O) groups is 2. The minimum Gasteiger partial charge on any atom is -0.332 e. The van der Waals surface area contributed by atoms with Crippen molar-refractivity contribution in [1.29, 1.82) is 0 Å². The third-order valence-corrected chi connectivity index (χ3v) is 4.53. The number of para-hydroxylation sites is 1. The van der Waals surface area contributed by atoms with Crippen molar-refractivity contribution >= 4 is 29.3 Å². The lowest BCUT2D eigenvalue weighted by Crippen LogP contribution is -2.35. The van der Waals surface area contributed by atoms with E-state index in [1.807, 2.05) is 62.6 Å². The van der Waals surface area contributed by atoms with Crippen molar-refractivity contribution in [3.8, 4) is 0 Å². The molecule has 0 unspecified atom stereocenters. The number of anilines is 1. The minimum atomic E-state index is -0.211. The van der Waals surface area contributed by atoms with E-state index in [0.717, 1.165) is 21.7 Å². The SMILES string of the molecule is CSc1ccccc1NC(=O)CN(C)C(=O)c1cc(C)ccc1C. The predicted molar refractivity (Wildman–Crippen MR) is 99.7 cm³/mol. The Balaban J connectivity index is 2.06.